The van der Waals surface area contributed by atoms with Crippen molar-refractivity contribution in [3.63, 3.8) is 0 Å². The lowest BCUT2D eigenvalue weighted by atomic mass is 9.94. The Bertz CT molecular complexity index is 760. The van der Waals surface area contributed by atoms with Crippen molar-refractivity contribution in [2.24, 2.45) is 5.92 Å². The number of nitrogens with one attached hydrogen (secondary N) is 1. The summed E-state index contributed by atoms with van der Waals surface area (Å²) in [6.07, 6.45) is 1.69. The summed E-state index contributed by atoms with van der Waals surface area (Å²) in [5.41, 5.74) is 2.11. The van der Waals surface area contributed by atoms with E-state index in [-0.39, 0.29) is 24.3 Å². The van der Waals surface area contributed by atoms with Gasteiger partial charge in [-0.3, -0.25) is 9.59 Å². The van der Waals surface area contributed by atoms with Crippen molar-refractivity contribution in [3.05, 3.63) is 65.7 Å². The number of fused-ring (bicyclic) bond motifs is 1. The molecule has 1 aliphatic heterocycles. The van der Waals surface area contributed by atoms with E-state index in [0.29, 0.717) is 25.9 Å². The van der Waals surface area contributed by atoms with Crippen LogP contribution in [-0.4, -0.2) is 29.6 Å². The van der Waals surface area contributed by atoms with Gasteiger partial charge in [0.05, 0.1) is 5.92 Å². The van der Waals surface area contributed by atoms with E-state index >= 15 is 0 Å². The highest BCUT2D eigenvalue weighted by atomic mass is 16.5. The van der Waals surface area contributed by atoms with Crippen LogP contribution in [0.3, 0.4) is 0 Å². The van der Waals surface area contributed by atoms with Crippen molar-refractivity contribution < 1.29 is 19.4 Å². The molecule has 5 heteroatoms. The summed E-state index contributed by atoms with van der Waals surface area (Å²) < 4.78 is 5.70. The first kappa shape index (κ1) is 18.0. The average Bonchev–Trinajstić information content (AvgIpc) is 2.66. The van der Waals surface area contributed by atoms with Crippen LogP contribution in [0.1, 0.15) is 24.0 Å². The Hall–Kier alpha value is -2.82. The van der Waals surface area contributed by atoms with E-state index in [1.165, 1.54) is 0 Å². The number of aliphatic carboxylic acids is 1. The number of para-hydroxylation sites is 1. The van der Waals surface area contributed by atoms with E-state index in [1.807, 2.05) is 54.6 Å². The molecule has 0 aliphatic carbocycles. The number of carboxylic acids is 1. The lowest BCUT2D eigenvalue weighted by Gasteiger charge is -2.27. The number of carboxylic acid groups (broad SMARTS) is 1. The molecule has 2 aromatic rings. The fourth-order valence-electron chi connectivity index (χ4n) is 3.24. The minimum absolute atomic E-state index is 0.0295. The predicted octanol–water partition coefficient (Wildman–Crippen LogP) is 2.83. The van der Waals surface area contributed by atoms with Gasteiger partial charge in [0.15, 0.2) is 0 Å². The standard InChI is InChI=1S/C21H23NO4/c23-20(24)11-10-18(12-15-6-2-1-3-7-15)22-21(25)17-13-16-8-4-5-9-19(16)26-14-17/h1-9,17-18H,10-14H2,(H,22,25)(H,23,24). The molecule has 0 saturated heterocycles. The summed E-state index contributed by atoms with van der Waals surface area (Å²) in [5, 5.41) is 12.0. The first-order valence-corrected chi connectivity index (χ1v) is 8.88. The Morgan fingerprint density at radius 1 is 1.12 bits per heavy atom. The number of carbonyl (C=O) groups excluding carboxylic acids is 1. The van der Waals surface area contributed by atoms with Gasteiger partial charge in [-0.25, -0.2) is 0 Å². The van der Waals surface area contributed by atoms with Gasteiger partial charge in [-0.15, -0.1) is 0 Å². The minimum Gasteiger partial charge on any atom is -0.492 e. The molecule has 1 heterocycles. The Morgan fingerprint density at radius 2 is 1.85 bits per heavy atom. The van der Waals surface area contributed by atoms with E-state index in [1.54, 1.807) is 0 Å². The van der Waals surface area contributed by atoms with Gasteiger partial charge in [-0.1, -0.05) is 48.5 Å². The summed E-state index contributed by atoms with van der Waals surface area (Å²) in [5.74, 6) is -0.352. The Kier molecular flexibility index (Phi) is 5.89. The molecule has 0 bridgehead atoms. The summed E-state index contributed by atoms with van der Waals surface area (Å²) in [6, 6.07) is 17.3. The van der Waals surface area contributed by atoms with Crippen molar-refractivity contribution in [2.75, 3.05) is 6.61 Å². The highest BCUT2D eigenvalue weighted by Gasteiger charge is 2.27. The Morgan fingerprint density at radius 3 is 2.62 bits per heavy atom. The van der Waals surface area contributed by atoms with Gasteiger partial charge in [0.2, 0.25) is 5.91 Å². The SMILES string of the molecule is O=C(O)CCC(Cc1ccccc1)NC(=O)C1COc2ccccc2C1. The van der Waals surface area contributed by atoms with Crippen molar-refractivity contribution in [2.45, 2.75) is 31.7 Å². The number of amides is 1. The molecule has 0 radical (unpaired) electrons. The molecule has 2 atom stereocenters. The van der Waals surface area contributed by atoms with Gasteiger partial charge in [0.25, 0.3) is 0 Å². The molecule has 0 spiro atoms. The summed E-state index contributed by atoms with van der Waals surface area (Å²) in [4.78, 5) is 23.7. The van der Waals surface area contributed by atoms with Crippen molar-refractivity contribution in [1.82, 2.24) is 5.32 Å². The van der Waals surface area contributed by atoms with Crippen LogP contribution in [0.2, 0.25) is 0 Å². The van der Waals surface area contributed by atoms with Crippen LogP contribution in [0.15, 0.2) is 54.6 Å². The number of hydrogen-bond donors (Lipinski definition) is 2. The van der Waals surface area contributed by atoms with Gasteiger partial charge in [0.1, 0.15) is 12.4 Å². The molecule has 0 fully saturated rings. The van der Waals surface area contributed by atoms with Gasteiger partial charge in [-0.2, -0.15) is 0 Å². The fourth-order valence-corrected chi connectivity index (χ4v) is 3.24. The zero-order valence-corrected chi connectivity index (χ0v) is 14.6. The topological polar surface area (TPSA) is 75.6 Å². The third-order valence-corrected chi connectivity index (χ3v) is 4.63. The van der Waals surface area contributed by atoms with E-state index in [4.69, 9.17) is 9.84 Å². The molecule has 26 heavy (non-hydrogen) atoms. The lowest BCUT2D eigenvalue weighted by Crippen LogP contribution is -2.43. The molecule has 2 aromatic carbocycles. The number of ether oxygens (including phenoxy) is 1. The first-order valence-electron chi connectivity index (χ1n) is 8.88. The lowest BCUT2D eigenvalue weighted by molar-refractivity contribution is -0.137. The molecule has 0 aromatic heterocycles. The zero-order chi connectivity index (χ0) is 18.4. The molecule has 1 aliphatic rings. The fraction of sp³-hybridized carbons (Fsp3) is 0.333. The second kappa shape index (κ2) is 8.52. The van der Waals surface area contributed by atoms with Crippen LogP contribution in [0.4, 0.5) is 0 Å². The average molecular weight is 353 g/mol. The molecule has 2 N–H and O–H groups in total. The van der Waals surface area contributed by atoms with Crippen LogP contribution < -0.4 is 10.1 Å². The smallest absolute Gasteiger partial charge is 0.303 e. The van der Waals surface area contributed by atoms with Crippen LogP contribution in [-0.2, 0) is 22.4 Å². The highest BCUT2D eigenvalue weighted by Crippen LogP contribution is 2.27. The van der Waals surface area contributed by atoms with Crippen LogP contribution in [0, 0.1) is 5.92 Å². The Labute approximate surface area is 153 Å². The molecule has 5 nitrogen and oxygen atoms in total. The maximum Gasteiger partial charge on any atom is 0.303 e. The van der Waals surface area contributed by atoms with Gasteiger partial charge < -0.3 is 15.2 Å². The number of rotatable bonds is 7. The number of carbonyl (C=O) groups is 2. The number of benzene rings is 2. The molecular formula is C21H23NO4. The third kappa shape index (κ3) is 4.85. The molecule has 2 unspecified atom stereocenters. The predicted molar refractivity (Wildman–Crippen MR) is 98.1 cm³/mol. The van der Waals surface area contributed by atoms with Crippen molar-refractivity contribution in [3.8, 4) is 5.75 Å². The van der Waals surface area contributed by atoms with E-state index in [2.05, 4.69) is 5.32 Å². The molecule has 0 saturated carbocycles. The highest BCUT2D eigenvalue weighted by molar-refractivity contribution is 5.80. The maximum absolute atomic E-state index is 12.7. The Balaban J connectivity index is 1.63. The van der Waals surface area contributed by atoms with Crippen molar-refractivity contribution >= 4 is 11.9 Å². The van der Waals surface area contributed by atoms with E-state index in [9.17, 15) is 9.59 Å². The third-order valence-electron chi connectivity index (χ3n) is 4.63. The second-order valence-electron chi connectivity index (χ2n) is 6.65. The van der Waals surface area contributed by atoms with Gasteiger partial charge in [0, 0.05) is 12.5 Å². The zero-order valence-electron chi connectivity index (χ0n) is 14.6. The normalized spacial score (nSPS) is 16.8. The van der Waals surface area contributed by atoms with Gasteiger partial charge in [-0.05, 0) is 36.5 Å². The van der Waals surface area contributed by atoms with E-state index in [0.717, 1.165) is 16.9 Å². The summed E-state index contributed by atoms with van der Waals surface area (Å²) in [6.45, 7) is 0.347. The monoisotopic (exact) mass is 353 g/mol. The molecule has 1 amide bonds. The van der Waals surface area contributed by atoms with Crippen LogP contribution in [0.5, 0.6) is 5.75 Å². The van der Waals surface area contributed by atoms with Crippen LogP contribution >= 0.6 is 0 Å². The molecule has 3 rings (SSSR count). The number of hydrogen-bond acceptors (Lipinski definition) is 3. The van der Waals surface area contributed by atoms with Crippen LogP contribution in [0.25, 0.3) is 0 Å². The molecular weight excluding hydrogens is 330 g/mol. The minimum atomic E-state index is -0.854. The summed E-state index contributed by atoms with van der Waals surface area (Å²) in [7, 11) is 0. The van der Waals surface area contributed by atoms with Crippen molar-refractivity contribution in [1.29, 1.82) is 0 Å². The summed E-state index contributed by atoms with van der Waals surface area (Å²) >= 11 is 0. The first-order chi connectivity index (χ1) is 12.6. The largest absolute Gasteiger partial charge is 0.492 e. The maximum atomic E-state index is 12.7. The molecule has 136 valence electrons. The van der Waals surface area contributed by atoms with E-state index < -0.39 is 5.97 Å². The van der Waals surface area contributed by atoms with Gasteiger partial charge >= 0.3 is 5.97 Å². The second-order valence-corrected chi connectivity index (χ2v) is 6.65. The quantitative estimate of drug-likeness (QED) is 0.803.